The van der Waals surface area contributed by atoms with Crippen LogP contribution in [0.15, 0.2) is 79.0 Å². The Bertz CT molecular complexity index is 2890. The van der Waals surface area contributed by atoms with Crippen molar-refractivity contribution in [1.29, 1.82) is 0 Å². The van der Waals surface area contributed by atoms with Gasteiger partial charge >= 0.3 is 12.1 Å². The van der Waals surface area contributed by atoms with Gasteiger partial charge in [-0.05, 0) is 116 Å². The normalized spacial score (nSPS) is 15.7. The summed E-state index contributed by atoms with van der Waals surface area (Å²) in [5.41, 5.74) is 8.36. The van der Waals surface area contributed by atoms with Crippen molar-refractivity contribution < 1.29 is 47.9 Å². The van der Waals surface area contributed by atoms with Gasteiger partial charge in [-0.25, -0.2) is 14.6 Å². The van der Waals surface area contributed by atoms with E-state index in [1.807, 2.05) is 18.2 Å². The molecule has 2 atom stereocenters. The third-order valence-electron chi connectivity index (χ3n) is 14.3. The molecule has 0 unspecified atom stereocenters. The smallest absolute Gasteiger partial charge is 0.410 e. The SMILES string of the molecule is Cc1c(CN(C)C(=O)/C=C/c2cnc3c(c2)CC2(CCN(C(=O)OCc4ccc(NC(=O)[C@H](CCCNC(N)=O)CC(=O)[C@@H](NC(=O)CCCCCN5C(=O)C=CC5=O)C(C)C)cc4)CC2)C(=O)N3)sc2ccccc12. The summed E-state index contributed by atoms with van der Waals surface area (Å²) in [6.07, 6.45) is 10.3. The number of ketones is 1. The lowest BCUT2D eigenvalue weighted by molar-refractivity contribution is -0.137. The van der Waals surface area contributed by atoms with Crippen molar-refractivity contribution >= 4 is 92.4 Å². The molecule has 6 N–H and O–H groups in total. The van der Waals surface area contributed by atoms with Crippen molar-refractivity contribution in [3.63, 3.8) is 0 Å². The summed E-state index contributed by atoms with van der Waals surface area (Å²) < 4.78 is 6.87. The van der Waals surface area contributed by atoms with E-state index in [-0.39, 0.29) is 80.2 Å². The summed E-state index contributed by atoms with van der Waals surface area (Å²) in [6.45, 7) is 7.21. The number of pyridine rings is 1. The minimum absolute atomic E-state index is 0.0435. The highest BCUT2D eigenvalue weighted by molar-refractivity contribution is 7.19. The number of nitrogens with zero attached hydrogens (tertiary/aromatic N) is 4. The molecular formula is C56H67N9O10S. The van der Waals surface area contributed by atoms with Crippen molar-refractivity contribution in [2.75, 3.05) is 43.9 Å². The van der Waals surface area contributed by atoms with Crippen LogP contribution in [0.25, 0.3) is 16.2 Å². The Kier molecular flexibility index (Phi) is 18.9. The van der Waals surface area contributed by atoms with Gasteiger partial charge in [0.15, 0.2) is 5.78 Å². The largest absolute Gasteiger partial charge is 0.445 e. The predicted octanol–water partition coefficient (Wildman–Crippen LogP) is 6.78. The number of hydrogen-bond acceptors (Lipinski definition) is 12. The van der Waals surface area contributed by atoms with Gasteiger partial charge in [-0.2, -0.15) is 0 Å². The van der Waals surface area contributed by atoms with E-state index in [4.69, 9.17) is 10.5 Å². The molecule has 0 aliphatic carbocycles. The van der Waals surface area contributed by atoms with Gasteiger partial charge in [0.05, 0.1) is 18.0 Å². The number of urea groups is 1. The summed E-state index contributed by atoms with van der Waals surface area (Å²) in [5.74, 6) is -2.65. The summed E-state index contributed by atoms with van der Waals surface area (Å²) in [7, 11) is 1.78. The number of thiophene rings is 1. The van der Waals surface area contributed by atoms with Crippen LogP contribution >= 0.6 is 11.3 Å². The van der Waals surface area contributed by atoms with Gasteiger partial charge in [0, 0.05) is 91.7 Å². The molecule has 2 aromatic carbocycles. The number of imide groups is 1. The number of primary amides is 1. The molecule has 1 saturated heterocycles. The van der Waals surface area contributed by atoms with E-state index in [1.54, 1.807) is 78.6 Å². The quantitative estimate of drug-likeness (QED) is 0.0294. The number of nitrogens with two attached hydrogens (primary N) is 1. The number of ether oxygens (including phenoxy) is 1. The number of rotatable bonds is 23. The number of unbranched alkanes of at least 4 members (excludes halogenated alkanes) is 2. The summed E-state index contributed by atoms with van der Waals surface area (Å²) in [5, 5.41) is 12.4. The Balaban J connectivity index is 0.860. The molecule has 1 spiro atoms. The highest BCUT2D eigenvalue weighted by atomic mass is 32.1. The molecule has 4 aromatic rings. The van der Waals surface area contributed by atoms with Crippen molar-refractivity contribution in [3.05, 3.63) is 106 Å². The molecule has 76 heavy (non-hydrogen) atoms. The van der Waals surface area contributed by atoms with Crippen LogP contribution in [0.1, 0.15) is 98.8 Å². The first-order valence-electron chi connectivity index (χ1n) is 25.8. The third kappa shape index (κ3) is 14.6. The second-order valence-electron chi connectivity index (χ2n) is 20.2. The number of Topliss-reactive ketones (excluding diaryl/α,β-unsaturated/α-hetero) is 1. The fraction of sp³-hybridized carbons (Fsp3) is 0.429. The second-order valence-corrected chi connectivity index (χ2v) is 21.3. The number of hydrogen-bond donors (Lipinski definition) is 5. The number of fused-ring (bicyclic) bond motifs is 2. The van der Waals surface area contributed by atoms with Gasteiger partial charge in [-0.15, -0.1) is 11.3 Å². The van der Waals surface area contributed by atoms with Gasteiger partial charge in [-0.3, -0.25) is 38.5 Å². The molecule has 5 heterocycles. The van der Waals surface area contributed by atoms with Crippen LogP contribution in [-0.2, 0) is 57.9 Å². The number of aryl methyl sites for hydroxylation is 1. The number of likely N-dealkylation sites (N-methyl/N-ethyl adjacent to an activating group) is 1. The van der Waals surface area contributed by atoms with Crippen LogP contribution in [0.4, 0.5) is 21.1 Å². The van der Waals surface area contributed by atoms with Gasteiger partial charge in [0.25, 0.3) is 11.8 Å². The molecule has 0 bridgehead atoms. The number of amides is 9. The second kappa shape index (κ2) is 25.7. The Morgan fingerprint density at radius 3 is 2.38 bits per heavy atom. The molecule has 0 radical (unpaired) electrons. The third-order valence-corrected chi connectivity index (χ3v) is 15.5. The first kappa shape index (κ1) is 56.0. The van der Waals surface area contributed by atoms with E-state index >= 15 is 0 Å². The minimum Gasteiger partial charge on any atom is -0.445 e. The number of likely N-dealkylation sites (tertiary alicyclic amines) is 1. The van der Waals surface area contributed by atoms with Crippen LogP contribution in [0, 0.1) is 24.2 Å². The lowest BCUT2D eigenvalue weighted by Crippen LogP contribution is -2.51. The van der Waals surface area contributed by atoms with E-state index in [9.17, 15) is 43.2 Å². The van der Waals surface area contributed by atoms with E-state index in [0.29, 0.717) is 81.6 Å². The number of benzene rings is 2. The van der Waals surface area contributed by atoms with Gasteiger partial charge in [0.2, 0.25) is 23.6 Å². The lowest BCUT2D eigenvalue weighted by Gasteiger charge is -2.42. The number of aromatic nitrogens is 1. The fourth-order valence-corrected chi connectivity index (χ4v) is 11.0. The molecule has 0 saturated carbocycles. The average molecular weight is 1060 g/mol. The maximum Gasteiger partial charge on any atom is 0.410 e. The topological polar surface area (TPSA) is 260 Å². The maximum atomic E-state index is 13.7. The van der Waals surface area contributed by atoms with Crippen molar-refractivity contribution in [2.24, 2.45) is 23.0 Å². The van der Waals surface area contributed by atoms with Crippen molar-refractivity contribution in [3.8, 4) is 0 Å². The van der Waals surface area contributed by atoms with Gasteiger partial charge in [0.1, 0.15) is 12.4 Å². The summed E-state index contributed by atoms with van der Waals surface area (Å²) >= 11 is 1.69. The standard InChI is InChI=1S/C56H67N9O10S/c1-35(2)50(61-46(67)14-6-5-9-26-65-48(69)21-22-49(65)70)43(66)30-39(11-10-25-58-54(57)73)52(71)60-41-18-15-37(16-19-41)34-75-55(74)64-27-23-56(24-28-64)31-40-29-38(32-59-51(40)62-53(56)72)17-20-47(68)63(4)33-45-36(3)42-12-7-8-13-44(42)76-45/h7-8,12-13,15-22,29,32,35,39,50H,5-6,9-11,14,23-28,30-31,33-34H2,1-4H3,(H,60,71)(H,61,67)(H3,57,58,73)(H,59,62,72)/b20-17+/t39-,50+/m1/s1. The van der Waals surface area contributed by atoms with E-state index < -0.39 is 35.4 Å². The van der Waals surface area contributed by atoms with Gasteiger partial charge < -0.3 is 41.5 Å². The Labute approximate surface area is 446 Å². The first-order chi connectivity index (χ1) is 36.4. The van der Waals surface area contributed by atoms with Crippen LogP contribution in [0.5, 0.6) is 0 Å². The van der Waals surface area contributed by atoms with Crippen molar-refractivity contribution in [2.45, 2.75) is 104 Å². The Morgan fingerprint density at radius 2 is 1.68 bits per heavy atom. The molecule has 3 aliphatic heterocycles. The highest BCUT2D eigenvalue weighted by Crippen LogP contribution is 2.41. The molecule has 402 valence electrons. The molecule has 2 aromatic heterocycles. The van der Waals surface area contributed by atoms with Crippen LogP contribution in [0.3, 0.4) is 0 Å². The average Bonchev–Trinajstić information content (AvgIpc) is 3.91. The Morgan fingerprint density at radius 1 is 0.961 bits per heavy atom. The summed E-state index contributed by atoms with van der Waals surface area (Å²) in [6, 6.07) is 15.3. The van der Waals surface area contributed by atoms with Crippen LogP contribution < -0.4 is 27.0 Å². The first-order valence-corrected chi connectivity index (χ1v) is 26.6. The Hall–Kier alpha value is -7.74. The molecule has 20 heteroatoms. The van der Waals surface area contributed by atoms with Crippen molar-refractivity contribution in [1.82, 2.24) is 30.3 Å². The predicted molar refractivity (Wildman–Crippen MR) is 288 cm³/mol. The summed E-state index contributed by atoms with van der Waals surface area (Å²) in [4.78, 5) is 125. The molecule has 3 aliphatic rings. The molecule has 1 fully saturated rings. The van der Waals surface area contributed by atoms with E-state index in [1.165, 1.54) is 33.9 Å². The maximum absolute atomic E-state index is 13.7. The number of nitrogens with one attached hydrogen (secondary N) is 4. The fourth-order valence-electron chi connectivity index (χ4n) is 9.71. The van der Waals surface area contributed by atoms with E-state index in [2.05, 4.69) is 45.3 Å². The number of carbonyl (C=O) groups excluding carboxylic acids is 9. The number of carbonyl (C=O) groups is 9. The molecule has 19 nitrogen and oxygen atoms in total. The zero-order chi connectivity index (χ0) is 54.5. The van der Waals surface area contributed by atoms with Crippen LogP contribution in [-0.4, -0.2) is 112 Å². The molecular weight excluding hydrogens is 991 g/mol. The number of anilines is 2. The zero-order valence-electron chi connectivity index (χ0n) is 43.5. The highest BCUT2D eigenvalue weighted by Gasteiger charge is 2.46. The van der Waals surface area contributed by atoms with Gasteiger partial charge in [-0.1, -0.05) is 50.6 Å². The minimum atomic E-state index is -0.851. The monoisotopic (exact) mass is 1060 g/mol. The zero-order valence-corrected chi connectivity index (χ0v) is 44.3. The lowest BCUT2D eigenvalue weighted by atomic mass is 9.71. The van der Waals surface area contributed by atoms with E-state index in [0.717, 1.165) is 20.9 Å². The number of piperidine rings is 1. The van der Waals surface area contributed by atoms with Crippen LogP contribution in [0.2, 0.25) is 0 Å². The molecule has 9 amide bonds. The molecule has 7 rings (SSSR count).